The Morgan fingerprint density at radius 2 is 2.04 bits per heavy atom. The number of aromatic nitrogens is 4. The maximum Gasteiger partial charge on any atom is 0.214 e. The van der Waals surface area contributed by atoms with Crippen molar-refractivity contribution in [3.63, 3.8) is 0 Å². The quantitative estimate of drug-likeness (QED) is 0.483. The first-order chi connectivity index (χ1) is 12.1. The number of benzene rings is 2. The molecule has 25 heavy (non-hydrogen) atoms. The molecule has 0 atom stereocenters. The number of carbonyl (C=O) groups is 1. The molecule has 0 amide bonds. The first kappa shape index (κ1) is 17.4. The predicted octanol–water partition coefficient (Wildman–Crippen LogP) is 3.44. The zero-order valence-corrected chi connectivity index (χ0v) is 14.6. The molecule has 0 N–H and O–H groups in total. The lowest BCUT2D eigenvalue weighted by molar-refractivity contribution is 0.102. The fourth-order valence-electron chi connectivity index (χ4n) is 2.07. The van der Waals surface area contributed by atoms with E-state index in [1.54, 1.807) is 24.3 Å². The SMILES string of the molecule is COc1ccc(C(=O)CSc2nnnn2-c2ccc(Cl)cc2)cc1F. The topological polar surface area (TPSA) is 69.9 Å². The van der Waals surface area contributed by atoms with Crippen LogP contribution in [0, 0.1) is 5.82 Å². The van der Waals surface area contributed by atoms with Crippen molar-refractivity contribution < 1.29 is 13.9 Å². The van der Waals surface area contributed by atoms with Gasteiger partial charge in [-0.25, -0.2) is 4.39 Å². The van der Waals surface area contributed by atoms with Gasteiger partial charge in [0.2, 0.25) is 5.16 Å². The Balaban J connectivity index is 1.72. The van der Waals surface area contributed by atoms with Crippen LogP contribution in [0.3, 0.4) is 0 Å². The molecular formula is C16H12ClFN4O2S. The van der Waals surface area contributed by atoms with E-state index in [1.165, 1.54) is 23.9 Å². The molecule has 0 unspecified atom stereocenters. The number of tetrazole rings is 1. The van der Waals surface area contributed by atoms with Gasteiger partial charge in [0, 0.05) is 10.6 Å². The summed E-state index contributed by atoms with van der Waals surface area (Å²) in [6, 6.07) is 11.1. The van der Waals surface area contributed by atoms with Gasteiger partial charge in [0.25, 0.3) is 0 Å². The third kappa shape index (κ3) is 3.97. The molecule has 0 saturated heterocycles. The molecule has 0 aliphatic heterocycles. The van der Waals surface area contributed by atoms with Crippen LogP contribution in [0.1, 0.15) is 10.4 Å². The fourth-order valence-corrected chi connectivity index (χ4v) is 2.98. The minimum absolute atomic E-state index is 0.0692. The van der Waals surface area contributed by atoms with Gasteiger partial charge in [0.1, 0.15) is 0 Å². The largest absolute Gasteiger partial charge is 0.494 e. The normalized spacial score (nSPS) is 10.7. The van der Waals surface area contributed by atoms with Crippen molar-refractivity contribution in [2.75, 3.05) is 12.9 Å². The summed E-state index contributed by atoms with van der Waals surface area (Å²) in [7, 11) is 1.37. The Kier molecular flexibility index (Phi) is 5.30. The molecule has 9 heteroatoms. The number of nitrogens with zero attached hydrogens (tertiary/aromatic N) is 4. The minimum Gasteiger partial charge on any atom is -0.494 e. The van der Waals surface area contributed by atoms with Crippen molar-refractivity contribution in [3.8, 4) is 11.4 Å². The standard InChI is InChI=1S/C16H12ClFN4O2S/c1-24-15-7-2-10(8-13(15)18)14(23)9-25-16-19-20-21-22(16)12-5-3-11(17)4-6-12/h2-8H,9H2,1H3. The van der Waals surface area contributed by atoms with E-state index in [0.29, 0.717) is 10.2 Å². The average molecular weight is 379 g/mol. The lowest BCUT2D eigenvalue weighted by atomic mass is 10.1. The number of hydrogen-bond donors (Lipinski definition) is 0. The maximum absolute atomic E-state index is 13.7. The Bertz CT molecular complexity index is 901. The van der Waals surface area contributed by atoms with Crippen LogP contribution in [0.25, 0.3) is 5.69 Å². The van der Waals surface area contributed by atoms with Crippen LogP contribution in [0.2, 0.25) is 5.02 Å². The van der Waals surface area contributed by atoms with E-state index in [2.05, 4.69) is 15.5 Å². The van der Waals surface area contributed by atoms with Gasteiger partial charge in [0.15, 0.2) is 17.3 Å². The van der Waals surface area contributed by atoms with E-state index in [4.69, 9.17) is 16.3 Å². The maximum atomic E-state index is 13.7. The second kappa shape index (κ2) is 7.62. The van der Waals surface area contributed by atoms with Gasteiger partial charge in [-0.15, -0.1) is 5.10 Å². The molecule has 1 heterocycles. The third-order valence-electron chi connectivity index (χ3n) is 3.32. The number of halogens is 2. The van der Waals surface area contributed by atoms with Gasteiger partial charge in [-0.3, -0.25) is 4.79 Å². The van der Waals surface area contributed by atoms with Gasteiger partial charge < -0.3 is 4.74 Å². The van der Waals surface area contributed by atoms with Crippen LogP contribution in [-0.4, -0.2) is 38.9 Å². The summed E-state index contributed by atoms with van der Waals surface area (Å²) in [5.74, 6) is -0.655. The second-order valence-corrected chi connectivity index (χ2v) is 6.29. The van der Waals surface area contributed by atoms with E-state index in [0.717, 1.165) is 23.5 Å². The van der Waals surface area contributed by atoms with Crippen molar-refractivity contribution in [1.82, 2.24) is 20.2 Å². The zero-order chi connectivity index (χ0) is 17.8. The molecule has 0 bridgehead atoms. The summed E-state index contributed by atoms with van der Waals surface area (Å²) < 4.78 is 20.1. The molecule has 3 rings (SSSR count). The summed E-state index contributed by atoms with van der Waals surface area (Å²) in [5.41, 5.74) is 0.983. The van der Waals surface area contributed by atoms with Gasteiger partial charge in [0.05, 0.1) is 18.6 Å². The smallest absolute Gasteiger partial charge is 0.214 e. The van der Waals surface area contributed by atoms with Crippen molar-refractivity contribution in [1.29, 1.82) is 0 Å². The summed E-state index contributed by atoms with van der Waals surface area (Å²) in [5, 5.41) is 12.5. The molecule has 2 aromatic carbocycles. The molecule has 1 aromatic heterocycles. The highest BCUT2D eigenvalue weighted by molar-refractivity contribution is 7.99. The van der Waals surface area contributed by atoms with Crippen molar-refractivity contribution in [2.45, 2.75) is 5.16 Å². The third-order valence-corrected chi connectivity index (χ3v) is 4.49. The number of Topliss-reactive ketones (excluding diaryl/α,β-unsaturated/α-hetero) is 1. The first-order valence-corrected chi connectivity index (χ1v) is 8.48. The monoisotopic (exact) mass is 378 g/mol. The van der Waals surface area contributed by atoms with E-state index < -0.39 is 5.82 Å². The molecule has 0 aliphatic rings. The molecule has 0 fully saturated rings. The van der Waals surface area contributed by atoms with Crippen LogP contribution < -0.4 is 4.74 Å². The Morgan fingerprint density at radius 3 is 2.72 bits per heavy atom. The van der Waals surface area contributed by atoms with Crippen LogP contribution >= 0.6 is 23.4 Å². The van der Waals surface area contributed by atoms with Gasteiger partial charge in [-0.2, -0.15) is 4.68 Å². The van der Waals surface area contributed by atoms with E-state index in [9.17, 15) is 9.18 Å². The minimum atomic E-state index is -0.579. The highest BCUT2D eigenvalue weighted by Gasteiger charge is 2.14. The Hall–Kier alpha value is -2.45. The number of hydrogen-bond acceptors (Lipinski definition) is 6. The van der Waals surface area contributed by atoms with Gasteiger partial charge >= 0.3 is 0 Å². The van der Waals surface area contributed by atoms with E-state index in [1.807, 2.05) is 0 Å². The van der Waals surface area contributed by atoms with Gasteiger partial charge in [-0.05, 0) is 52.9 Å². The molecule has 128 valence electrons. The van der Waals surface area contributed by atoms with Crippen molar-refractivity contribution in [2.24, 2.45) is 0 Å². The molecule has 3 aromatic rings. The highest BCUT2D eigenvalue weighted by Crippen LogP contribution is 2.22. The molecule has 6 nitrogen and oxygen atoms in total. The highest BCUT2D eigenvalue weighted by atomic mass is 35.5. The molecule has 0 aliphatic carbocycles. The van der Waals surface area contributed by atoms with Crippen LogP contribution in [0.15, 0.2) is 47.6 Å². The molecule has 0 spiro atoms. The van der Waals surface area contributed by atoms with Gasteiger partial charge in [-0.1, -0.05) is 23.4 Å². The Morgan fingerprint density at radius 1 is 1.28 bits per heavy atom. The zero-order valence-electron chi connectivity index (χ0n) is 13.0. The van der Waals surface area contributed by atoms with E-state index >= 15 is 0 Å². The summed E-state index contributed by atoms with van der Waals surface area (Å²) in [6.07, 6.45) is 0. The molecular weight excluding hydrogens is 367 g/mol. The Labute approximate surface area is 151 Å². The summed E-state index contributed by atoms with van der Waals surface area (Å²) in [4.78, 5) is 12.3. The summed E-state index contributed by atoms with van der Waals surface area (Å²) in [6.45, 7) is 0. The predicted molar refractivity (Wildman–Crippen MR) is 92.2 cm³/mol. The number of rotatable bonds is 6. The second-order valence-electron chi connectivity index (χ2n) is 4.91. The number of thioether (sulfide) groups is 1. The van der Waals surface area contributed by atoms with Crippen molar-refractivity contribution in [3.05, 3.63) is 58.9 Å². The number of methoxy groups -OCH3 is 1. The average Bonchev–Trinajstić information content (AvgIpc) is 3.08. The number of ketones is 1. The summed E-state index contributed by atoms with van der Waals surface area (Å²) >= 11 is 7.03. The lowest BCUT2D eigenvalue weighted by Gasteiger charge is -2.05. The first-order valence-electron chi connectivity index (χ1n) is 7.12. The van der Waals surface area contributed by atoms with E-state index in [-0.39, 0.29) is 22.8 Å². The fraction of sp³-hybridized carbons (Fsp3) is 0.125. The van der Waals surface area contributed by atoms with Crippen LogP contribution in [0.5, 0.6) is 5.75 Å². The van der Waals surface area contributed by atoms with Crippen LogP contribution in [0.4, 0.5) is 4.39 Å². The van der Waals surface area contributed by atoms with Crippen LogP contribution in [-0.2, 0) is 0 Å². The van der Waals surface area contributed by atoms with Crippen molar-refractivity contribution >= 4 is 29.1 Å². The number of carbonyl (C=O) groups excluding carboxylic acids is 1. The lowest BCUT2D eigenvalue weighted by Crippen LogP contribution is -2.05. The number of ether oxygens (including phenoxy) is 1. The molecule has 0 radical (unpaired) electrons. The molecule has 0 saturated carbocycles.